The van der Waals surface area contributed by atoms with Crippen LogP contribution in [0.2, 0.25) is 0 Å². The van der Waals surface area contributed by atoms with Crippen LogP contribution in [0.1, 0.15) is 33.2 Å². The fourth-order valence-corrected chi connectivity index (χ4v) is 2.42. The molecule has 0 fully saturated rings. The minimum atomic E-state index is -4.65. The molecule has 1 atom stereocenters. The Kier molecular flexibility index (Phi) is 5.62. The summed E-state index contributed by atoms with van der Waals surface area (Å²) < 4.78 is 44.4. The van der Waals surface area contributed by atoms with E-state index in [4.69, 9.17) is 15.6 Å². The van der Waals surface area contributed by atoms with Gasteiger partial charge in [-0.2, -0.15) is 18.3 Å². The molecule has 0 aliphatic carbocycles. The number of carbonyl (C=O) groups excluding carboxylic acids is 1. The SMILES string of the molecule is CNC(=O)c1cc(C(C=N)C(=N)n2nc(C(F)(F)F)cc2C)cnc1OC. The number of halogens is 3. The van der Waals surface area contributed by atoms with E-state index >= 15 is 0 Å². The zero-order valence-corrected chi connectivity index (χ0v) is 14.7. The predicted molar refractivity (Wildman–Crippen MR) is 90.8 cm³/mol. The van der Waals surface area contributed by atoms with E-state index in [0.717, 1.165) is 17.0 Å². The van der Waals surface area contributed by atoms with Crippen LogP contribution in [0.4, 0.5) is 13.2 Å². The lowest BCUT2D eigenvalue weighted by atomic mass is 9.99. The highest BCUT2D eigenvalue weighted by molar-refractivity contribution is 6.02. The maximum Gasteiger partial charge on any atom is 0.435 e. The summed E-state index contributed by atoms with van der Waals surface area (Å²) in [6, 6.07) is 2.19. The highest BCUT2D eigenvalue weighted by Crippen LogP contribution is 2.29. The highest BCUT2D eigenvalue weighted by atomic mass is 19.4. The minimum Gasteiger partial charge on any atom is -0.480 e. The Balaban J connectivity index is 2.48. The Morgan fingerprint density at radius 1 is 1.41 bits per heavy atom. The van der Waals surface area contributed by atoms with Crippen molar-refractivity contribution in [3.63, 3.8) is 0 Å². The van der Waals surface area contributed by atoms with E-state index < -0.39 is 23.7 Å². The molecule has 1 unspecified atom stereocenters. The second-order valence-electron chi connectivity index (χ2n) is 5.51. The highest BCUT2D eigenvalue weighted by Gasteiger charge is 2.35. The molecule has 0 radical (unpaired) electrons. The van der Waals surface area contributed by atoms with Crippen LogP contribution in [0.3, 0.4) is 0 Å². The van der Waals surface area contributed by atoms with Crippen LogP contribution in [-0.2, 0) is 6.18 Å². The van der Waals surface area contributed by atoms with Crippen LogP contribution in [0.25, 0.3) is 0 Å². The molecule has 2 heterocycles. The van der Waals surface area contributed by atoms with Crippen molar-refractivity contribution in [2.24, 2.45) is 0 Å². The second kappa shape index (κ2) is 7.56. The van der Waals surface area contributed by atoms with Gasteiger partial charge >= 0.3 is 6.18 Å². The smallest absolute Gasteiger partial charge is 0.435 e. The summed E-state index contributed by atoms with van der Waals surface area (Å²) in [5.74, 6) is -1.90. The van der Waals surface area contributed by atoms with Gasteiger partial charge in [0.1, 0.15) is 11.4 Å². The number of nitrogens with one attached hydrogen (secondary N) is 3. The van der Waals surface area contributed by atoms with E-state index in [2.05, 4.69) is 15.4 Å². The van der Waals surface area contributed by atoms with E-state index in [1.165, 1.54) is 33.3 Å². The van der Waals surface area contributed by atoms with Crippen molar-refractivity contribution in [2.75, 3.05) is 14.2 Å². The van der Waals surface area contributed by atoms with Gasteiger partial charge in [-0.05, 0) is 24.6 Å². The lowest BCUT2D eigenvalue weighted by Crippen LogP contribution is -2.25. The van der Waals surface area contributed by atoms with E-state index in [0.29, 0.717) is 0 Å². The van der Waals surface area contributed by atoms with Crippen LogP contribution in [0, 0.1) is 17.7 Å². The molecule has 3 N–H and O–H groups in total. The first-order chi connectivity index (χ1) is 12.6. The number of aromatic nitrogens is 3. The van der Waals surface area contributed by atoms with Gasteiger partial charge in [0, 0.05) is 25.2 Å². The lowest BCUT2D eigenvalue weighted by molar-refractivity contribution is -0.141. The Morgan fingerprint density at radius 3 is 2.56 bits per heavy atom. The molecule has 1 amide bonds. The molecule has 27 heavy (non-hydrogen) atoms. The topological polar surface area (TPSA) is 117 Å². The zero-order valence-electron chi connectivity index (χ0n) is 14.7. The molecule has 11 heteroatoms. The number of amides is 1. The van der Waals surface area contributed by atoms with Crippen LogP contribution >= 0.6 is 0 Å². The van der Waals surface area contributed by atoms with Crippen molar-refractivity contribution in [1.29, 1.82) is 10.8 Å². The fourth-order valence-electron chi connectivity index (χ4n) is 2.42. The Hall–Kier alpha value is -3.24. The molecule has 8 nitrogen and oxygen atoms in total. The predicted octanol–water partition coefficient (Wildman–Crippen LogP) is 2.23. The molecule has 144 valence electrons. The molecule has 0 aliphatic rings. The van der Waals surface area contributed by atoms with Gasteiger partial charge in [-0.1, -0.05) is 0 Å². The third kappa shape index (κ3) is 3.96. The van der Waals surface area contributed by atoms with E-state index in [9.17, 15) is 18.0 Å². The van der Waals surface area contributed by atoms with Crippen molar-refractivity contribution < 1.29 is 22.7 Å². The first-order valence-corrected chi connectivity index (χ1v) is 7.63. The van der Waals surface area contributed by atoms with E-state index in [-0.39, 0.29) is 28.5 Å². The lowest BCUT2D eigenvalue weighted by Gasteiger charge is -2.16. The van der Waals surface area contributed by atoms with Crippen LogP contribution in [-0.4, -0.2) is 46.9 Å². The first-order valence-electron chi connectivity index (χ1n) is 7.63. The van der Waals surface area contributed by atoms with Crippen LogP contribution < -0.4 is 10.1 Å². The summed E-state index contributed by atoms with van der Waals surface area (Å²) >= 11 is 0. The molecule has 0 aliphatic heterocycles. The monoisotopic (exact) mass is 382 g/mol. The molecule has 0 saturated heterocycles. The summed E-state index contributed by atoms with van der Waals surface area (Å²) in [6.45, 7) is 1.38. The number of hydrogen-bond donors (Lipinski definition) is 3. The van der Waals surface area contributed by atoms with Crippen molar-refractivity contribution >= 4 is 18.0 Å². The normalized spacial score (nSPS) is 12.4. The van der Waals surface area contributed by atoms with Gasteiger partial charge in [-0.15, -0.1) is 0 Å². The maximum absolute atomic E-state index is 12.9. The minimum absolute atomic E-state index is 0.0444. The number of alkyl halides is 3. The van der Waals surface area contributed by atoms with Gasteiger partial charge in [-0.3, -0.25) is 10.2 Å². The molecule has 2 rings (SSSR count). The van der Waals surface area contributed by atoms with E-state index in [1.54, 1.807) is 0 Å². The summed E-state index contributed by atoms with van der Waals surface area (Å²) in [6.07, 6.45) is -2.49. The number of carbonyl (C=O) groups is 1. The summed E-state index contributed by atoms with van der Waals surface area (Å²) in [5.41, 5.74) is -0.706. The van der Waals surface area contributed by atoms with E-state index in [1.807, 2.05) is 0 Å². The molecular weight excluding hydrogens is 365 g/mol. The van der Waals surface area contributed by atoms with Gasteiger partial charge in [0.25, 0.3) is 5.91 Å². The summed E-state index contributed by atoms with van der Waals surface area (Å²) in [5, 5.41) is 21.7. The quantitative estimate of drug-likeness (QED) is 0.543. The Morgan fingerprint density at radius 2 is 2.07 bits per heavy atom. The third-order valence-electron chi connectivity index (χ3n) is 3.76. The number of nitrogens with zero attached hydrogens (tertiary/aromatic N) is 3. The number of methoxy groups -OCH3 is 1. The maximum atomic E-state index is 12.9. The molecule has 2 aromatic rings. The Labute approximate surface area is 152 Å². The average molecular weight is 382 g/mol. The number of rotatable bonds is 5. The number of hydrogen-bond acceptors (Lipinski definition) is 6. The molecule has 0 aromatic carbocycles. The fraction of sp³-hybridized carbons (Fsp3) is 0.312. The van der Waals surface area contributed by atoms with Gasteiger partial charge in [0.2, 0.25) is 5.88 Å². The van der Waals surface area contributed by atoms with Gasteiger partial charge < -0.3 is 15.5 Å². The largest absolute Gasteiger partial charge is 0.480 e. The van der Waals surface area contributed by atoms with Crippen molar-refractivity contribution in [2.45, 2.75) is 19.0 Å². The van der Waals surface area contributed by atoms with Gasteiger partial charge in [0.05, 0.1) is 13.0 Å². The molecular formula is C16H17F3N6O2. The molecule has 0 spiro atoms. The van der Waals surface area contributed by atoms with Gasteiger partial charge in [-0.25, -0.2) is 9.67 Å². The summed E-state index contributed by atoms with van der Waals surface area (Å²) in [7, 11) is 2.74. The average Bonchev–Trinajstić information content (AvgIpc) is 3.03. The zero-order chi connectivity index (χ0) is 20.4. The van der Waals surface area contributed by atoms with Crippen LogP contribution in [0.5, 0.6) is 5.88 Å². The first kappa shape index (κ1) is 20.1. The molecule has 0 saturated carbocycles. The molecule has 0 bridgehead atoms. The third-order valence-corrected chi connectivity index (χ3v) is 3.76. The van der Waals surface area contributed by atoms with Gasteiger partial charge in [0.15, 0.2) is 5.69 Å². The van der Waals surface area contributed by atoms with Crippen molar-refractivity contribution in [1.82, 2.24) is 20.1 Å². The standard InChI is InChI=1S/C16H17F3N6O2/c1-8-4-12(16(17,18)19)24-25(8)13(21)11(6-20)9-5-10(14(26)22-2)15(27-3)23-7-9/h4-7,11,20-21H,1-3H3,(H,22,26). The Bertz CT molecular complexity index is 891. The van der Waals surface area contributed by atoms with Crippen LogP contribution in [0.15, 0.2) is 18.3 Å². The number of aryl methyl sites for hydroxylation is 1. The summed E-state index contributed by atoms with van der Waals surface area (Å²) in [4.78, 5) is 16.0. The molecule has 2 aromatic heterocycles. The van der Waals surface area contributed by atoms with Crippen molar-refractivity contribution in [3.8, 4) is 5.88 Å². The second-order valence-corrected chi connectivity index (χ2v) is 5.51. The number of ether oxygens (including phenoxy) is 1. The van der Waals surface area contributed by atoms with Crippen molar-refractivity contribution in [3.05, 3.63) is 40.8 Å². The number of pyridine rings is 1.